The lowest BCUT2D eigenvalue weighted by Crippen LogP contribution is -2.53. The lowest BCUT2D eigenvalue weighted by Gasteiger charge is -2.42. The molecule has 86 valence electrons. The summed E-state index contributed by atoms with van der Waals surface area (Å²) in [4.78, 5) is 10.0. The van der Waals surface area contributed by atoms with Crippen LogP contribution in [0.15, 0.2) is 10.3 Å². The summed E-state index contributed by atoms with van der Waals surface area (Å²) in [6.07, 6.45) is 0. The zero-order chi connectivity index (χ0) is 11.7. The molecule has 0 saturated heterocycles. The molecule has 0 radical (unpaired) electrons. The van der Waals surface area contributed by atoms with Crippen molar-refractivity contribution >= 4 is 11.6 Å². The summed E-state index contributed by atoms with van der Waals surface area (Å²) in [7, 11) is 1.48. The second kappa shape index (κ2) is 3.72. The van der Waals surface area contributed by atoms with Gasteiger partial charge in [0.1, 0.15) is 18.4 Å². The van der Waals surface area contributed by atoms with Crippen molar-refractivity contribution in [2.45, 2.75) is 45.8 Å². The maximum atomic E-state index is 5.72. The van der Waals surface area contributed by atoms with Crippen LogP contribution in [0.5, 0.6) is 0 Å². The van der Waals surface area contributed by atoms with Gasteiger partial charge < -0.3 is 14.4 Å². The van der Waals surface area contributed by atoms with Crippen LogP contribution in [-0.2, 0) is 14.4 Å². The van der Waals surface area contributed by atoms with Gasteiger partial charge in [-0.15, -0.1) is 0 Å². The summed E-state index contributed by atoms with van der Waals surface area (Å²) in [5, 5.41) is 7.62. The zero-order valence-corrected chi connectivity index (χ0v) is 10.1. The van der Waals surface area contributed by atoms with Crippen molar-refractivity contribution in [2.24, 2.45) is 10.3 Å². The highest BCUT2D eigenvalue weighted by atomic mass is 16.7. The molecular formula is C10H18N2O3. The van der Waals surface area contributed by atoms with Gasteiger partial charge in [0.15, 0.2) is 5.60 Å². The molecule has 0 unspecified atom stereocenters. The first-order valence-electron chi connectivity index (χ1n) is 4.83. The molecule has 0 aromatic carbocycles. The first kappa shape index (κ1) is 11.8. The largest absolute Gasteiger partial charge is 0.464 e. The van der Waals surface area contributed by atoms with Gasteiger partial charge in [-0.25, -0.2) is 0 Å². The first-order chi connectivity index (χ1) is 6.80. The SMILES string of the molecule is CO/N=C(\C)C1=NOC(C)(C)C(C)(C)O1. The van der Waals surface area contributed by atoms with E-state index in [9.17, 15) is 0 Å². The molecule has 15 heavy (non-hydrogen) atoms. The summed E-state index contributed by atoms with van der Waals surface area (Å²) in [5.74, 6) is 0.362. The van der Waals surface area contributed by atoms with Gasteiger partial charge in [-0.3, -0.25) is 0 Å². The van der Waals surface area contributed by atoms with Gasteiger partial charge >= 0.3 is 0 Å². The topological polar surface area (TPSA) is 52.4 Å². The Balaban J connectivity index is 2.92. The van der Waals surface area contributed by atoms with Crippen molar-refractivity contribution in [2.75, 3.05) is 7.11 Å². The third-order valence-electron chi connectivity index (χ3n) is 2.70. The van der Waals surface area contributed by atoms with Crippen LogP contribution >= 0.6 is 0 Å². The standard InChI is InChI=1S/C10H18N2O3/c1-7(11-13-6)8-12-15-10(4,5)9(2,3)14-8/h1-6H3/b11-7+. The van der Waals surface area contributed by atoms with Gasteiger partial charge in [0.05, 0.1) is 0 Å². The molecule has 0 aromatic heterocycles. The minimum atomic E-state index is -0.468. The Morgan fingerprint density at radius 3 is 2.33 bits per heavy atom. The van der Waals surface area contributed by atoms with E-state index < -0.39 is 11.2 Å². The second-order valence-electron chi connectivity index (χ2n) is 4.47. The molecule has 0 saturated carbocycles. The van der Waals surface area contributed by atoms with E-state index in [1.807, 2.05) is 27.7 Å². The highest BCUT2D eigenvalue weighted by Gasteiger charge is 2.46. The number of rotatable bonds is 2. The van der Waals surface area contributed by atoms with E-state index in [0.717, 1.165) is 0 Å². The van der Waals surface area contributed by atoms with Crippen molar-refractivity contribution in [1.82, 2.24) is 0 Å². The third-order valence-corrected chi connectivity index (χ3v) is 2.70. The lowest BCUT2D eigenvalue weighted by molar-refractivity contribution is -0.163. The molecule has 1 heterocycles. The van der Waals surface area contributed by atoms with Crippen molar-refractivity contribution < 1.29 is 14.4 Å². The Morgan fingerprint density at radius 2 is 1.87 bits per heavy atom. The van der Waals surface area contributed by atoms with Crippen LogP contribution in [-0.4, -0.2) is 29.9 Å². The van der Waals surface area contributed by atoms with Crippen LogP contribution in [0.25, 0.3) is 0 Å². The summed E-state index contributed by atoms with van der Waals surface area (Å²) in [6.45, 7) is 9.50. The van der Waals surface area contributed by atoms with E-state index in [1.54, 1.807) is 6.92 Å². The van der Waals surface area contributed by atoms with Crippen LogP contribution in [0.2, 0.25) is 0 Å². The Hall–Kier alpha value is -1.26. The molecule has 1 aliphatic rings. The van der Waals surface area contributed by atoms with E-state index in [1.165, 1.54) is 7.11 Å². The smallest absolute Gasteiger partial charge is 0.276 e. The number of hydrogen-bond donors (Lipinski definition) is 0. The van der Waals surface area contributed by atoms with Crippen molar-refractivity contribution in [3.8, 4) is 0 Å². The minimum Gasteiger partial charge on any atom is -0.464 e. The Bertz CT molecular complexity index is 306. The molecule has 0 bridgehead atoms. The molecule has 5 heteroatoms. The predicted octanol–water partition coefficient (Wildman–Crippen LogP) is 1.93. The van der Waals surface area contributed by atoms with Crippen LogP contribution in [0.3, 0.4) is 0 Å². The number of hydrogen-bond acceptors (Lipinski definition) is 5. The fraction of sp³-hybridized carbons (Fsp3) is 0.800. The van der Waals surface area contributed by atoms with Crippen LogP contribution in [0.1, 0.15) is 34.6 Å². The Morgan fingerprint density at radius 1 is 1.27 bits per heavy atom. The van der Waals surface area contributed by atoms with Crippen LogP contribution in [0.4, 0.5) is 0 Å². The number of ether oxygens (including phenoxy) is 1. The summed E-state index contributed by atoms with van der Waals surface area (Å²) < 4.78 is 5.72. The third kappa shape index (κ3) is 2.22. The summed E-state index contributed by atoms with van der Waals surface area (Å²) in [5.41, 5.74) is -0.376. The van der Waals surface area contributed by atoms with E-state index in [0.29, 0.717) is 11.6 Å². The number of oxime groups is 2. The van der Waals surface area contributed by atoms with Gasteiger partial charge in [0.2, 0.25) is 0 Å². The summed E-state index contributed by atoms with van der Waals surface area (Å²) >= 11 is 0. The Labute approximate surface area is 90.1 Å². The maximum Gasteiger partial charge on any atom is 0.276 e. The molecular weight excluding hydrogens is 196 g/mol. The normalized spacial score (nSPS) is 23.6. The molecule has 0 amide bonds. The van der Waals surface area contributed by atoms with Crippen LogP contribution < -0.4 is 0 Å². The zero-order valence-electron chi connectivity index (χ0n) is 10.1. The molecule has 1 aliphatic heterocycles. The molecule has 0 spiro atoms. The van der Waals surface area contributed by atoms with Gasteiger partial charge in [-0.2, -0.15) is 0 Å². The van der Waals surface area contributed by atoms with Gasteiger partial charge in [-0.05, 0) is 39.8 Å². The predicted molar refractivity (Wildman–Crippen MR) is 57.9 cm³/mol. The number of nitrogens with zero attached hydrogens (tertiary/aromatic N) is 2. The summed E-state index contributed by atoms with van der Waals surface area (Å²) in [6, 6.07) is 0. The fourth-order valence-corrected chi connectivity index (χ4v) is 0.965. The highest BCUT2D eigenvalue weighted by molar-refractivity contribution is 6.37. The van der Waals surface area contributed by atoms with Crippen molar-refractivity contribution in [3.63, 3.8) is 0 Å². The van der Waals surface area contributed by atoms with E-state index >= 15 is 0 Å². The maximum absolute atomic E-state index is 5.72. The van der Waals surface area contributed by atoms with Crippen molar-refractivity contribution in [1.29, 1.82) is 0 Å². The quantitative estimate of drug-likeness (QED) is 0.521. The average molecular weight is 214 g/mol. The van der Waals surface area contributed by atoms with E-state index in [4.69, 9.17) is 9.57 Å². The van der Waals surface area contributed by atoms with E-state index in [2.05, 4.69) is 15.1 Å². The average Bonchev–Trinajstić information content (AvgIpc) is 2.10. The molecule has 0 aliphatic carbocycles. The second-order valence-corrected chi connectivity index (χ2v) is 4.47. The van der Waals surface area contributed by atoms with Gasteiger partial charge in [0.25, 0.3) is 5.90 Å². The van der Waals surface area contributed by atoms with E-state index in [-0.39, 0.29) is 0 Å². The first-order valence-corrected chi connectivity index (χ1v) is 4.83. The molecule has 0 aromatic rings. The fourth-order valence-electron chi connectivity index (χ4n) is 0.965. The van der Waals surface area contributed by atoms with Crippen molar-refractivity contribution in [3.05, 3.63) is 0 Å². The van der Waals surface area contributed by atoms with Gasteiger partial charge in [0, 0.05) is 0 Å². The Kier molecular flexibility index (Phi) is 2.93. The van der Waals surface area contributed by atoms with Crippen LogP contribution in [0, 0.1) is 0 Å². The highest BCUT2D eigenvalue weighted by Crippen LogP contribution is 2.32. The minimum absolute atomic E-state index is 0.362. The van der Waals surface area contributed by atoms with Gasteiger partial charge in [-0.1, -0.05) is 5.16 Å². The lowest BCUT2D eigenvalue weighted by atomic mass is 9.89. The molecule has 1 rings (SSSR count). The molecule has 0 atom stereocenters. The molecule has 5 nitrogen and oxygen atoms in total. The molecule has 0 N–H and O–H groups in total. The molecule has 0 fully saturated rings. The monoisotopic (exact) mass is 214 g/mol.